The number of aromatic nitrogens is 4. The van der Waals surface area contributed by atoms with Crippen LogP contribution in [0.5, 0.6) is 0 Å². The van der Waals surface area contributed by atoms with Gasteiger partial charge in [0.05, 0.1) is 25.1 Å². The van der Waals surface area contributed by atoms with Crippen molar-refractivity contribution in [1.29, 1.82) is 0 Å². The van der Waals surface area contributed by atoms with E-state index in [1.54, 1.807) is 16.8 Å². The molecule has 2 aliphatic rings. The number of benzene rings is 1. The fraction of sp³-hybridized carbons (Fsp3) is 0.273. The smallest absolute Gasteiger partial charge is 0.305 e. The quantitative estimate of drug-likeness (QED) is 0.299. The summed E-state index contributed by atoms with van der Waals surface area (Å²) in [5.41, 5.74) is 2.09. The molecule has 0 radical (unpaired) electrons. The van der Waals surface area contributed by atoms with Crippen molar-refractivity contribution in [2.75, 3.05) is 10.6 Å². The largest absolute Gasteiger partial charge is 0.481 e. The molecule has 0 spiro atoms. The van der Waals surface area contributed by atoms with Crippen LogP contribution in [0.2, 0.25) is 0 Å². The molecule has 1 saturated carbocycles. The molecule has 1 aromatic carbocycles. The third kappa shape index (κ3) is 4.52. The van der Waals surface area contributed by atoms with Gasteiger partial charge in [0.15, 0.2) is 5.65 Å². The van der Waals surface area contributed by atoms with E-state index in [0.29, 0.717) is 22.7 Å². The van der Waals surface area contributed by atoms with Crippen LogP contribution in [0.15, 0.2) is 42.1 Å². The Bertz CT molecular complexity index is 1280. The molecule has 1 saturated heterocycles. The average molecular weight is 447 g/mol. The molecule has 2 aromatic heterocycles. The Hall–Kier alpha value is -4.28. The van der Waals surface area contributed by atoms with E-state index in [2.05, 4.69) is 31.0 Å². The Balaban J connectivity index is 1.55. The van der Waals surface area contributed by atoms with Crippen LogP contribution in [0, 0.1) is 0 Å². The molecular weight excluding hydrogens is 426 g/mol. The summed E-state index contributed by atoms with van der Waals surface area (Å²) >= 11 is 0. The summed E-state index contributed by atoms with van der Waals surface area (Å²) in [6.45, 7) is 0. The lowest BCUT2D eigenvalue weighted by molar-refractivity contribution is -0.137. The molecule has 5 rings (SSSR count). The van der Waals surface area contributed by atoms with Crippen LogP contribution >= 0.6 is 0 Å². The van der Waals surface area contributed by atoms with Crippen molar-refractivity contribution < 1.29 is 19.5 Å². The van der Waals surface area contributed by atoms with Crippen LogP contribution in [-0.2, 0) is 14.4 Å². The number of carboxylic acids is 1. The fourth-order valence-electron chi connectivity index (χ4n) is 3.64. The van der Waals surface area contributed by atoms with Crippen LogP contribution in [0.1, 0.15) is 42.9 Å². The third-order valence-corrected chi connectivity index (χ3v) is 5.42. The van der Waals surface area contributed by atoms with Crippen molar-refractivity contribution in [2.24, 2.45) is 0 Å². The minimum Gasteiger partial charge on any atom is -0.481 e. The molecule has 3 heterocycles. The highest BCUT2D eigenvalue weighted by atomic mass is 16.4. The summed E-state index contributed by atoms with van der Waals surface area (Å²) < 4.78 is 1.54. The molecule has 0 bridgehead atoms. The molecule has 2 amide bonds. The zero-order valence-corrected chi connectivity index (χ0v) is 17.5. The predicted octanol–water partition coefficient (Wildman–Crippen LogP) is 1.76. The Morgan fingerprint density at radius 1 is 1.24 bits per heavy atom. The van der Waals surface area contributed by atoms with E-state index in [4.69, 9.17) is 0 Å². The van der Waals surface area contributed by atoms with Gasteiger partial charge in [-0.05, 0) is 24.5 Å². The average Bonchev–Trinajstić information content (AvgIpc) is 3.42. The second-order valence-corrected chi connectivity index (χ2v) is 8.05. The van der Waals surface area contributed by atoms with E-state index in [9.17, 15) is 19.5 Å². The summed E-state index contributed by atoms with van der Waals surface area (Å²) in [6.07, 6.45) is 5.00. The van der Waals surface area contributed by atoms with E-state index < -0.39 is 17.9 Å². The standard InChI is InChI=1S/C22H21N7O4/c30-17-9-13(20(33)26-17)8-14-11-23-29-19(14)27-21(28-22(29)24-15-6-7-15)25-16(10-18(31)32)12-4-2-1-3-5-12/h1-5,8,11,15-16H,6-7,9-10H2,(H,31,32)(H,26,30,33)(H2,24,25,27,28)/b13-8+. The third-order valence-electron chi connectivity index (χ3n) is 5.42. The zero-order valence-electron chi connectivity index (χ0n) is 17.5. The maximum absolute atomic E-state index is 12.0. The molecule has 1 aliphatic heterocycles. The zero-order chi connectivity index (χ0) is 22.9. The Kier molecular flexibility index (Phi) is 5.21. The molecule has 1 atom stereocenters. The maximum Gasteiger partial charge on any atom is 0.305 e. The highest BCUT2D eigenvalue weighted by Crippen LogP contribution is 2.28. The number of anilines is 2. The van der Waals surface area contributed by atoms with E-state index in [1.165, 1.54) is 0 Å². The monoisotopic (exact) mass is 447 g/mol. The van der Waals surface area contributed by atoms with Crippen LogP contribution < -0.4 is 16.0 Å². The number of nitrogens with one attached hydrogen (secondary N) is 3. The van der Waals surface area contributed by atoms with Gasteiger partial charge in [-0.3, -0.25) is 19.7 Å². The normalized spacial score (nSPS) is 17.9. The van der Waals surface area contributed by atoms with Crippen molar-refractivity contribution >= 4 is 41.4 Å². The number of carbonyl (C=O) groups is 3. The number of fused-ring (bicyclic) bond motifs is 1. The maximum atomic E-state index is 12.0. The van der Waals surface area contributed by atoms with Crippen molar-refractivity contribution in [2.45, 2.75) is 37.8 Å². The summed E-state index contributed by atoms with van der Waals surface area (Å²) in [5, 5.41) is 22.5. The molecule has 4 N–H and O–H groups in total. The second-order valence-electron chi connectivity index (χ2n) is 8.05. The lowest BCUT2D eigenvalue weighted by Gasteiger charge is -2.18. The van der Waals surface area contributed by atoms with Gasteiger partial charge in [0.2, 0.25) is 17.8 Å². The minimum absolute atomic E-state index is 0.00572. The van der Waals surface area contributed by atoms with Gasteiger partial charge in [0, 0.05) is 17.2 Å². The van der Waals surface area contributed by atoms with E-state index in [0.717, 1.165) is 18.4 Å². The number of nitrogens with zero attached hydrogens (tertiary/aromatic N) is 4. The van der Waals surface area contributed by atoms with Gasteiger partial charge in [-0.25, -0.2) is 0 Å². The van der Waals surface area contributed by atoms with Crippen LogP contribution in [0.4, 0.5) is 11.9 Å². The van der Waals surface area contributed by atoms with Gasteiger partial charge in [-0.15, -0.1) is 0 Å². The number of imide groups is 1. The molecule has 2 fully saturated rings. The number of aliphatic carboxylic acids is 1. The lowest BCUT2D eigenvalue weighted by Crippen LogP contribution is -2.19. The summed E-state index contributed by atoms with van der Waals surface area (Å²) in [7, 11) is 0. The first kappa shape index (κ1) is 20.6. The summed E-state index contributed by atoms with van der Waals surface area (Å²) in [4.78, 5) is 44.2. The number of amides is 2. The molecule has 168 valence electrons. The molecule has 1 aliphatic carbocycles. The van der Waals surface area contributed by atoms with Crippen molar-refractivity contribution in [1.82, 2.24) is 24.9 Å². The molecule has 3 aromatic rings. The van der Waals surface area contributed by atoms with Crippen molar-refractivity contribution in [3.8, 4) is 0 Å². The molecule has 11 heteroatoms. The number of carbonyl (C=O) groups excluding carboxylic acids is 2. The second kappa shape index (κ2) is 8.34. The number of carboxylic acid groups (broad SMARTS) is 1. The van der Waals surface area contributed by atoms with Crippen molar-refractivity contribution in [3.05, 3.63) is 53.2 Å². The van der Waals surface area contributed by atoms with Gasteiger partial charge in [0.1, 0.15) is 0 Å². The molecule has 33 heavy (non-hydrogen) atoms. The summed E-state index contributed by atoms with van der Waals surface area (Å²) in [6, 6.07) is 8.94. The number of rotatable bonds is 8. The van der Waals surface area contributed by atoms with Crippen LogP contribution in [0.3, 0.4) is 0 Å². The van der Waals surface area contributed by atoms with E-state index >= 15 is 0 Å². The van der Waals surface area contributed by atoms with Crippen LogP contribution in [-0.4, -0.2) is 48.5 Å². The van der Waals surface area contributed by atoms with Crippen molar-refractivity contribution in [3.63, 3.8) is 0 Å². The first-order valence-corrected chi connectivity index (χ1v) is 10.6. The van der Waals surface area contributed by atoms with E-state index in [-0.39, 0.29) is 30.7 Å². The molecule has 1 unspecified atom stereocenters. The first-order chi connectivity index (χ1) is 16.0. The molecule has 11 nitrogen and oxygen atoms in total. The predicted molar refractivity (Wildman–Crippen MR) is 118 cm³/mol. The fourth-order valence-corrected chi connectivity index (χ4v) is 3.64. The number of hydrogen-bond donors (Lipinski definition) is 4. The SMILES string of the molecule is O=C(O)CC(Nc1nc(NC2CC2)n2ncc(/C=C3\CC(=O)NC3=O)c2n1)c1ccccc1. The topological polar surface area (TPSA) is 151 Å². The highest BCUT2D eigenvalue weighted by Gasteiger charge is 2.27. The summed E-state index contributed by atoms with van der Waals surface area (Å²) in [5.74, 6) is -1.05. The Labute approximate surface area is 187 Å². The molecular formula is C22H21N7O4. The first-order valence-electron chi connectivity index (χ1n) is 10.6. The van der Waals surface area contributed by atoms with Gasteiger partial charge < -0.3 is 15.7 Å². The van der Waals surface area contributed by atoms with Gasteiger partial charge >= 0.3 is 5.97 Å². The Morgan fingerprint density at radius 3 is 2.70 bits per heavy atom. The van der Waals surface area contributed by atoms with E-state index in [1.807, 2.05) is 30.3 Å². The minimum atomic E-state index is -0.958. The van der Waals surface area contributed by atoms with Gasteiger partial charge in [-0.2, -0.15) is 19.6 Å². The highest BCUT2D eigenvalue weighted by molar-refractivity contribution is 6.15. The number of hydrogen-bond acceptors (Lipinski definition) is 8. The van der Waals surface area contributed by atoms with Crippen LogP contribution in [0.25, 0.3) is 11.7 Å². The van der Waals surface area contributed by atoms with Gasteiger partial charge in [0.25, 0.3) is 5.91 Å². The Morgan fingerprint density at radius 2 is 2.03 bits per heavy atom. The van der Waals surface area contributed by atoms with Gasteiger partial charge in [-0.1, -0.05) is 30.3 Å². The lowest BCUT2D eigenvalue weighted by atomic mass is 10.0.